The summed E-state index contributed by atoms with van der Waals surface area (Å²) in [7, 11) is 1.79. The summed E-state index contributed by atoms with van der Waals surface area (Å²) in [6.07, 6.45) is 6.47. The van der Waals surface area contributed by atoms with Gasteiger partial charge < -0.3 is 4.90 Å². The third-order valence-electron chi connectivity index (χ3n) is 4.25. The van der Waals surface area contributed by atoms with E-state index in [1.807, 2.05) is 49.4 Å². The molecule has 5 nitrogen and oxygen atoms in total. The van der Waals surface area contributed by atoms with Crippen LogP contribution in [0.3, 0.4) is 0 Å². The van der Waals surface area contributed by atoms with Gasteiger partial charge in [0.2, 0.25) is 5.91 Å². The molecule has 6 heteroatoms. The highest BCUT2D eigenvalue weighted by Crippen LogP contribution is 2.21. The van der Waals surface area contributed by atoms with Gasteiger partial charge in [0.1, 0.15) is 12.7 Å². The number of benzene rings is 2. The highest BCUT2D eigenvalue weighted by atomic mass is 35.5. The topological polar surface area (TPSA) is 51.0 Å². The molecule has 0 unspecified atom stereocenters. The molecule has 0 N–H and O–H groups in total. The normalized spacial score (nSPS) is 12.3. The Balaban J connectivity index is 1.68. The lowest BCUT2D eigenvalue weighted by Crippen LogP contribution is -2.27. The fraction of sp³-hybridized carbons (Fsp3) is 0.150. The van der Waals surface area contributed by atoms with E-state index in [2.05, 4.69) is 10.1 Å². The summed E-state index contributed by atoms with van der Waals surface area (Å²) in [6, 6.07) is 15.2. The smallest absolute Gasteiger partial charge is 0.246 e. The van der Waals surface area contributed by atoms with Crippen LogP contribution in [0.4, 0.5) is 0 Å². The van der Waals surface area contributed by atoms with Crippen molar-refractivity contribution in [3.05, 3.63) is 83.4 Å². The van der Waals surface area contributed by atoms with E-state index in [1.165, 1.54) is 6.33 Å². The van der Waals surface area contributed by atoms with E-state index in [9.17, 15) is 4.79 Å². The quantitative estimate of drug-likeness (QED) is 0.637. The van der Waals surface area contributed by atoms with Gasteiger partial charge in [-0.05, 0) is 48.4 Å². The highest BCUT2D eigenvalue weighted by molar-refractivity contribution is 6.30. The standard InChI is InChI=1S/C20H19ClN4O/c1-15(17-7-9-19(10-8-17)25-14-22-13-23-25)24(2)20(26)11-6-16-4-3-5-18(21)12-16/h3-15H,1-2H3/b11-6+/t15-/m0/s1. The maximum Gasteiger partial charge on any atom is 0.246 e. The van der Waals surface area contributed by atoms with E-state index >= 15 is 0 Å². The van der Waals surface area contributed by atoms with Crippen LogP contribution in [0.1, 0.15) is 24.1 Å². The number of amides is 1. The van der Waals surface area contributed by atoms with Crippen LogP contribution in [0.25, 0.3) is 11.8 Å². The molecule has 0 bridgehead atoms. The lowest BCUT2D eigenvalue weighted by atomic mass is 10.1. The minimum atomic E-state index is -0.0715. The summed E-state index contributed by atoms with van der Waals surface area (Å²) < 4.78 is 1.69. The van der Waals surface area contributed by atoms with Crippen molar-refractivity contribution in [1.29, 1.82) is 0 Å². The molecular weight excluding hydrogens is 348 g/mol. The molecule has 0 aliphatic heterocycles. The minimum Gasteiger partial charge on any atom is -0.335 e. The molecule has 1 atom stereocenters. The third-order valence-corrected chi connectivity index (χ3v) is 4.49. The van der Waals surface area contributed by atoms with Crippen LogP contribution in [0, 0.1) is 0 Å². The van der Waals surface area contributed by atoms with Crippen LogP contribution < -0.4 is 0 Å². The molecule has 0 aliphatic rings. The van der Waals surface area contributed by atoms with E-state index in [-0.39, 0.29) is 11.9 Å². The summed E-state index contributed by atoms with van der Waals surface area (Å²) in [5.41, 5.74) is 2.86. The number of halogens is 1. The van der Waals surface area contributed by atoms with E-state index < -0.39 is 0 Å². The predicted octanol–water partition coefficient (Wildman–Crippen LogP) is 4.15. The van der Waals surface area contributed by atoms with Gasteiger partial charge in [0.05, 0.1) is 11.7 Å². The monoisotopic (exact) mass is 366 g/mol. The zero-order valence-corrected chi connectivity index (χ0v) is 15.3. The number of carbonyl (C=O) groups excluding carboxylic acids is 1. The molecule has 0 radical (unpaired) electrons. The maximum absolute atomic E-state index is 12.5. The average molecular weight is 367 g/mol. The Hall–Kier alpha value is -2.92. The van der Waals surface area contributed by atoms with Crippen LogP contribution in [-0.2, 0) is 4.79 Å². The van der Waals surface area contributed by atoms with Crippen molar-refractivity contribution in [2.75, 3.05) is 7.05 Å². The van der Waals surface area contributed by atoms with E-state index in [0.29, 0.717) is 5.02 Å². The molecule has 0 aliphatic carbocycles. The van der Waals surface area contributed by atoms with Gasteiger partial charge in [0.15, 0.2) is 0 Å². The summed E-state index contributed by atoms with van der Waals surface area (Å²) in [4.78, 5) is 18.1. The van der Waals surface area contributed by atoms with Crippen molar-refractivity contribution in [2.24, 2.45) is 0 Å². The first-order valence-corrected chi connectivity index (χ1v) is 8.58. The fourth-order valence-corrected chi connectivity index (χ4v) is 2.76. The van der Waals surface area contributed by atoms with Gasteiger partial charge in [-0.25, -0.2) is 9.67 Å². The van der Waals surface area contributed by atoms with Crippen molar-refractivity contribution in [1.82, 2.24) is 19.7 Å². The van der Waals surface area contributed by atoms with Gasteiger partial charge in [-0.1, -0.05) is 35.9 Å². The van der Waals surface area contributed by atoms with Crippen LogP contribution in [-0.4, -0.2) is 32.6 Å². The maximum atomic E-state index is 12.5. The Bertz CT molecular complexity index is 904. The first-order chi connectivity index (χ1) is 12.5. The van der Waals surface area contributed by atoms with Gasteiger partial charge in [-0.2, -0.15) is 5.10 Å². The number of aromatic nitrogens is 3. The molecule has 3 rings (SSSR count). The number of hydrogen-bond donors (Lipinski definition) is 0. The Morgan fingerprint density at radius 2 is 2.00 bits per heavy atom. The van der Waals surface area contributed by atoms with E-state index in [0.717, 1.165) is 16.8 Å². The zero-order valence-electron chi connectivity index (χ0n) is 14.6. The first-order valence-electron chi connectivity index (χ1n) is 8.20. The summed E-state index contributed by atoms with van der Waals surface area (Å²) >= 11 is 5.96. The second-order valence-corrected chi connectivity index (χ2v) is 6.38. The van der Waals surface area contributed by atoms with Crippen molar-refractivity contribution in [3.63, 3.8) is 0 Å². The second kappa shape index (κ2) is 7.97. The highest BCUT2D eigenvalue weighted by Gasteiger charge is 2.15. The van der Waals surface area contributed by atoms with Gasteiger partial charge in [-0.15, -0.1) is 0 Å². The Labute approximate surface area is 157 Å². The van der Waals surface area contributed by atoms with E-state index in [1.54, 1.807) is 41.2 Å². The average Bonchev–Trinajstić information content (AvgIpc) is 3.20. The van der Waals surface area contributed by atoms with Crippen molar-refractivity contribution >= 4 is 23.6 Å². The molecule has 0 saturated heterocycles. The summed E-state index contributed by atoms with van der Waals surface area (Å²) in [5, 5.41) is 4.75. The zero-order chi connectivity index (χ0) is 18.5. The Morgan fingerprint density at radius 1 is 1.23 bits per heavy atom. The van der Waals surface area contributed by atoms with Crippen molar-refractivity contribution in [2.45, 2.75) is 13.0 Å². The summed E-state index contributed by atoms with van der Waals surface area (Å²) in [6.45, 7) is 2.00. The third kappa shape index (κ3) is 4.18. The van der Waals surface area contributed by atoms with Crippen molar-refractivity contribution < 1.29 is 4.79 Å². The predicted molar refractivity (Wildman–Crippen MR) is 103 cm³/mol. The molecule has 3 aromatic rings. The lowest BCUT2D eigenvalue weighted by molar-refractivity contribution is -0.126. The molecule has 2 aromatic carbocycles. The number of rotatable bonds is 5. The molecule has 1 heterocycles. The molecule has 0 spiro atoms. The number of nitrogens with zero attached hydrogens (tertiary/aromatic N) is 4. The molecule has 1 aromatic heterocycles. The van der Waals surface area contributed by atoms with E-state index in [4.69, 9.17) is 11.6 Å². The molecule has 0 saturated carbocycles. The Morgan fingerprint density at radius 3 is 2.65 bits per heavy atom. The van der Waals surface area contributed by atoms with Crippen LogP contribution in [0.5, 0.6) is 0 Å². The second-order valence-electron chi connectivity index (χ2n) is 5.95. The van der Waals surface area contributed by atoms with Crippen LogP contribution in [0.2, 0.25) is 5.02 Å². The molecule has 132 valence electrons. The minimum absolute atomic E-state index is 0.0590. The molecular formula is C20H19ClN4O. The SMILES string of the molecule is C[C@@H](c1ccc(-n2cncn2)cc1)N(C)C(=O)/C=C/c1cccc(Cl)c1. The number of likely N-dealkylation sites (N-methyl/N-ethyl adjacent to an activating group) is 1. The van der Waals surface area contributed by atoms with Gasteiger partial charge >= 0.3 is 0 Å². The van der Waals surface area contributed by atoms with Gasteiger partial charge in [-0.3, -0.25) is 4.79 Å². The lowest BCUT2D eigenvalue weighted by Gasteiger charge is -2.24. The largest absolute Gasteiger partial charge is 0.335 e. The molecule has 26 heavy (non-hydrogen) atoms. The first kappa shape index (κ1) is 17.9. The van der Waals surface area contributed by atoms with Crippen molar-refractivity contribution in [3.8, 4) is 5.69 Å². The van der Waals surface area contributed by atoms with Gasteiger partial charge in [0.25, 0.3) is 0 Å². The number of hydrogen-bond acceptors (Lipinski definition) is 3. The fourth-order valence-electron chi connectivity index (χ4n) is 2.56. The van der Waals surface area contributed by atoms with Gasteiger partial charge in [0, 0.05) is 18.1 Å². The van der Waals surface area contributed by atoms with Crippen LogP contribution in [0.15, 0.2) is 67.3 Å². The molecule has 1 amide bonds. The molecule has 0 fully saturated rings. The Kier molecular flexibility index (Phi) is 5.49. The summed E-state index contributed by atoms with van der Waals surface area (Å²) in [5.74, 6) is -0.0715. The number of carbonyl (C=O) groups is 1. The van der Waals surface area contributed by atoms with Crippen LogP contribution >= 0.6 is 11.6 Å².